The number of hydrogen-bond acceptors (Lipinski definition) is 5. The van der Waals surface area contributed by atoms with Crippen LogP contribution in [0, 0.1) is 5.92 Å². The van der Waals surface area contributed by atoms with Crippen LogP contribution in [0.5, 0.6) is 5.75 Å². The van der Waals surface area contributed by atoms with Crippen LogP contribution in [-0.4, -0.2) is 24.8 Å². The molecule has 0 amide bonds. The zero-order chi connectivity index (χ0) is 18.9. The van der Waals surface area contributed by atoms with Gasteiger partial charge < -0.3 is 9.47 Å². The maximum atomic E-state index is 12.2. The summed E-state index contributed by atoms with van der Waals surface area (Å²) in [5.74, 6) is -0.160. The van der Waals surface area contributed by atoms with Crippen molar-refractivity contribution in [1.29, 1.82) is 0 Å². The van der Waals surface area contributed by atoms with Gasteiger partial charge in [0.1, 0.15) is 12.0 Å². The molecule has 0 atom stereocenters. The van der Waals surface area contributed by atoms with Gasteiger partial charge in [0, 0.05) is 5.56 Å². The molecule has 0 heterocycles. The first-order valence-electron chi connectivity index (χ1n) is 8.54. The second kappa shape index (κ2) is 9.51. The first kappa shape index (κ1) is 19.4. The Morgan fingerprint density at radius 1 is 1.00 bits per heavy atom. The number of esters is 2. The lowest BCUT2D eigenvalue weighted by Crippen LogP contribution is -2.11. The Hall–Kier alpha value is -2.95. The minimum atomic E-state index is -0.585. The number of rotatable bonds is 8. The van der Waals surface area contributed by atoms with Crippen molar-refractivity contribution in [2.24, 2.45) is 5.92 Å². The van der Waals surface area contributed by atoms with Crippen LogP contribution in [0.15, 0.2) is 48.5 Å². The van der Waals surface area contributed by atoms with Crippen molar-refractivity contribution in [2.75, 3.05) is 6.61 Å². The molecule has 0 saturated heterocycles. The van der Waals surface area contributed by atoms with E-state index < -0.39 is 11.9 Å². The Bertz CT molecular complexity index is 762. The topological polar surface area (TPSA) is 69.7 Å². The molecule has 0 saturated carbocycles. The third kappa shape index (κ3) is 5.84. The fourth-order valence-corrected chi connectivity index (χ4v) is 2.29. The van der Waals surface area contributed by atoms with Gasteiger partial charge in [0.25, 0.3) is 0 Å². The molecule has 2 aromatic carbocycles. The number of hydrogen-bond donors (Lipinski definition) is 0. The Kier molecular flexibility index (Phi) is 7.09. The number of carbonyl (C=O) groups excluding carboxylic acids is 3. The van der Waals surface area contributed by atoms with Gasteiger partial charge in [-0.05, 0) is 61.2 Å². The zero-order valence-corrected chi connectivity index (χ0v) is 14.9. The van der Waals surface area contributed by atoms with E-state index in [2.05, 4.69) is 13.8 Å². The van der Waals surface area contributed by atoms with E-state index >= 15 is 0 Å². The van der Waals surface area contributed by atoms with E-state index in [1.54, 1.807) is 30.3 Å². The summed E-state index contributed by atoms with van der Waals surface area (Å²) >= 11 is 0. The molecule has 0 fully saturated rings. The number of ether oxygens (including phenoxy) is 2. The molecule has 0 radical (unpaired) electrons. The van der Waals surface area contributed by atoms with E-state index in [1.807, 2.05) is 0 Å². The Morgan fingerprint density at radius 2 is 1.65 bits per heavy atom. The highest BCUT2D eigenvalue weighted by molar-refractivity contribution is 5.96. The summed E-state index contributed by atoms with van der Waals surface area (Å²) in [6.07, 6.45) is 2.51. The molecule has 0 aromatic heterocycles. The molecule has 0 aliphatic carbocycles. The molecule has 0 unspecified atom stereocenters. The van der Waals surface area contributed by atoms with Gasteiger partial charge in [-0.1, -0.05) is 19.9 Å². The molecule has 2 aromatic rings. The van der Waals surface area contributed by atoms with E-state index in [0.29, 0.717) is 35.7 Å². The highest BCUT2D eigenvalue weighted by Crippen LogP contribution is 2.15. The van der Waals surface area contributed by atoms with Crippen LogP contribution in [0.4, 0.5) is 0 Å². The molecular formula is C21H22O5. The monoisotopic (exact) mass is 354 g/mol. The first-order chi connectivity index (χ1) is 12.5. The minimum Gasteiger partial charge on any atom is -0.462 e. The van der Waals surface area contributed by atoms with Crippen molar-refractivity contribution < 1.29 is 23.9 Å². The molecular weight excluding hydrogens is 332 g/mol. The molecule has 0 aliphatic heterocycles. The third-order valence-electron chi connectivity index (χ3n) is 3.72. The van der Waals surface area contributed by atoms with Crippen LogP contribution in [0.25, 0.3) is 0 Å². The molecule has 136 valence electrons. The maximum Gasteiger partial charge on any atom is 0.343 e. The second-order valence-electron chi connectivity index (χ2n) is 6.33. The van der Waals surface area contributed by atoms with Crippen molar-refractivity contribution in [2.45, 2.75) is 26.7 Å². The van der Waals surface area contributed by atoms with E-state index in [0.717, 1.165) is 12.8 Å². The highest BCUT2D eigenvalue weighted by Gasteiger charge is 2.13. The molecule has 0 N–H and O–H groups in total. The van der Waals surface area contributed by atoms with Gasteiger partial charge in [0.15, 0.2) is 0 Å². The summed E-state index contributed by atoms with van der Waals surface area (Å²) in [5.41, 5.74) is 1.05. The highest BCUT2D eigenvalue weighted by atomic mass is 16.5. The number of carbonyl (C=O) groups is 3. The molecule has 0 spiro atoms. The van der Waals surface area contributed by atoms with Crippen LogP contribution in [0.2, 0.25) is 0 Å². The van der Waals surface area contributed by atoms with Crippen molar-refractivity contribution in [3.05, 3.63) is 65.2 Å². The average Bonchev–Trinajstić information content (AvgIpc) is 2.65. The Labute approximate surface area is 152 Å². The summed E-state index contributed by atoms with van der Waals surface area (Å²) in [6.45, 7) is 4.58. The van der Waals surface area contributed by atoms with Crippen LogP contribution >= 0.6 is 0 Å². The van der Waals surface area contributed by atoms with Crippen LogP contribution in [0.3, 0.4) is 0 Å². The molecule has 5 heteroatoms. The summed E-state index contributed by atoms with van der Waals surface area (Å²) < 4.78 is 10.5. The lowest BCUT2D eigenvalue weighted by molar-refractivity contribution is 0.0494. The smallest absolute Gasteiger partial charge is 0.343 e. The quantitative estimate of drug-likeness (QED) is 0.306. The first-order valence-corrected chi connectivity index (χ1v) is 8.54. The second-order valence-corrected chi connectivity index (χ2v) is 6.33. The van der Waals surface area contributed by atoms with Crippen LogP contribution in [-0.2, 0) is 4.74 Å². The third-order valence-corrected chi connectivity index (χ3v) is 3.72. The summed E-state index contributed by atoms with van der Waals surface area (Å²) in [5, 5.41) is 0. The van der Waals surface area contributed by atoms with Gasteiger partial charge in [0.2, 0.25) is 0 Å². The van der Waals surface area contributed by atoms with Gasteiger partial charge in [-0.2, -0.15) is 0 Å². The number of aldehydes is 1. The SMILES string of the molecule is CC(C)CCCOC(=O)c1cccc(C(=O)Oc2ccc(C=O)cc2)c1. The van der Waals surface area contributed by atoms with Gasteiger partial charge in [0.05, 0.1) is 17.7 Å². The van der Waals surface area contributed by atoms with E-state index in [-0.39, 0.29) is 5.56 Å². The van der Waals surface area contributed by atoms with Crippen molar-refractivity contribution in [3.8, 4) is 5.75 Å². The standard InChI is InChI=1S/C21H22O5/c1-15(2)5-4-12-25-20(23)17-6-3-7-18(13-17)21(24)26-19-10-8-16(14-22)9-11-19/h3,6-11,13-15H,4-5,12H2,1-2H3. The summed E-state index contributed by atoms with van der Waals surface area (Å²) in [6, 6.07) is 12.4. The maximum absolute atomic E-state index is 12.2. The normalized spacial score (nSPS) is 10.4. The van der Waals surface area contributed by atoms with E-state index in [1.165, 1.54) is 18.2 Å². The number of benzene rings is 2. The fraction of sp³-hybridized carbons (Fsp3) is 0.286. The molecule has 2 rings (SSSR count). The molecule has 26 heavy (non-hydrogen) atoms. The van der Waals surface area contributed by atoms with Crippen molar-refractivity contribution in [3.63, 3.8) is 0 Å². The predicted octanol–water partition coefficient (Wildman–Crippen LogP) is 4.31. The molecule has 0 bridgehead atoms. The Morgan fingerprint density at radius 3 is 2.27 bits per heavy atom. The molecule has 5 nitrogen and oxygen atoms in total. The fourth-order valence-electron chi connectivity index (χ4n) is 2.29. The lowest BCUT2D eigenvalue weighted by Gasteiger charge is -2.08. The predicted molar refractivity (Wildman–Crippen MR) is 97.6 cm³/mol. The zero-order valence-electron chi connectivity index (χ0n) is 14.9. The van der Waals surface area contributed by atoms with E-state index in [9.17, 15) is 14.4 Å². The van der Waals surface area contributed by atoms with Gasteiger partial charge in [-0.15, -0.1) is 0 Å². The van der Waals surface area contributed by atoms with E-state index in [4.69, 9.17) is 9.47 Å². The van der Waals surface area contributed by atoms with Gasteiger partial charge >= 0.3 is 11.9 Å². The van der Waals surface area contributed by atoms with Crippen molar-refractivity contribution >= 4 is 18.2 Å². The van der Waals surface area contributed by atoms with Gasteiger partial charge in [-0.25, -0.2) is 9.59 Å². The molecule has 0 aliphatic rings. The summed E-state index contributed by atoms with van der Waals surface area (Å²) in [4.78, 5) is 35.0. The van der Waals surface area contributed by atoms with Crippen LogP contribution < -0.4 is 4.74 Å². The average molecular weight is 354 g/mol. The minimum absolute atomic E-state index is 0.251. The van der Waals surface area contributed by atoms with Gasteiger partial charge in [-0.3, -0.25) is 4.79 Å². The summed E-state index contributed by atoms with van der Waals surface area (Å²) in [7, 11) is 0. The Balaban J connectivity index is 1.97. The lowest BCUT2D eigenvalue weighted by atomic mass is 10.1. The largest absolute Gasteiger partial charge is 0.462 e. The van der Waals surface area contributed by atoms with Crippen LogP contribution in [0.1, 0.15) is 57.8 Å². The van der Waals surface area contributed by atoms with Crippen molar-refractivity contribution in [1.82, 2.24) is 0 Å².